The number of benzene rings is 3. The molecule has 2 aliphatic rings. The van der Waals surface area contributed by atoms with Crippen molar-refractivity contribution in [1.29, 1.82) is 0 Å². The molecule has 1 amide bonds. The average Bonchev–Trinajstić information content (AvgIpc) is 3.32. The molecule has 11 heteroatoms. The van der Waals surface area contributed by atoms with E-state index < -0.39 is 28.3 Å². The first-order valence-corrected chi connectivity index (χ1v) is 12.0. The van der Waals surface area contributed by atoms with Gasteiger partial charge in [-0.25, -0.2) is 0 Å². The third-order valence-corrected chi connectivity index (χ3v) is 7.44. The van der Waals surface area contributed by atoms with E-state index in [1.807, 2.05) is 6.92 Å². The van der Waals surface area contributed by atoms with Crippen molar-refractivity contribution in [3.8, 4) is 5.75 Å². The first kappa shape index (κ1) is 23.9. The van der Waals surface area contributed by atoms with Crippen molar-refractivity contribution in [2.24, 2.45) is 0 Å². The van der Waals surface area contributed by atoms with Crippen molar-refractivity contribution in [3.05, 3.63) is 108 Å². The molecule has 4 atom stereocenters. The number of carbonyl (C=O) groups excluding carboxylic acids is 1. The molecule has 0 unspecified atom stereocenters. The van der Waals surface area contributed by atoms with Gasteiger partial charge in [0.15, 0.2) is 5.54 Å². The minimum absolute atomic E-state index is 0.0227. The summed E-state index contributed by atoms with van der Waals surface area (Å²) in [6.45, 7) is 1.95. The second-order valence-electron chi connectivity index (χ2n) is 8.90. The Morgan fingerprint density at radius 2 is 1.83 bits per heavy atom. The molecular weight excluding hydrogens is 532 g/mol. The summed E-state index contributed by atoms with van der Waals surface area (Å²) in [6, 6.07) is 16.8. The lowest BCUT2D eigenvalue weighted by Gasteiger charge is -2.25. The normalized spacial score (nSPS) is 24.4. The smallest absolute Gasteiger partial charge is 0.269 e. The second-order valence-corrected chi connectivity index (χ2v) is 9.76. The molecule has 2 heterocycles. The van der Waals surface area contributed by atoms with Crippen molar-refractivity contribution >= 4 is 33.2 Å². The van der Waals surface area contributed by atoms with Crippen molar-refractivity contribution in [3.63, 3.8) is 0 Å². The van der Waals surface area contributed by atoms with Crippen molar-refractivity contribution < 1.29 is 19.4 Å². The van der Waals surface area contributed by atoms with Crippen LogP contribution in [0.3, 0.4) is 0 Å². The van der Waals surface area contributed by atoms with Gasteiger partial charge in [-0.15, -0.1) is 0 Å². The third-order valence-electron chi connectivity index (χ3n) is 6.82. The van der Waals surface area contributed by atoms with Gasteiger partial charge < -0.3 is 10.1 Å². The molecule has 2 N–H and O–H groups in total. The minimum atomic E-state index is -1.48. The highest BCUT2D eigenvalue weighted by molar-refractivity contribution is 9.10. The van der Waals surface area contributed by atoms with Gasteiger partial charge >= 0.3 is 0 Å². The van der Waals surface area contributed by atoms with E-state index in [-0.39, 0.29) is 23.3 Å². The van der Waals surface area contributed by atoms with Crippen LogP contribution in [0.15, 0.2) is 71.2 Å². The van der Waals surface area contributed by atoms with E-state index in [0.717, 1.165) is 0 Å². The van der Waals surface area contributed by atoms with E-state index in [9.17, 15) is 25.0 Å². The quantitative estimate of drug-likeness (QED) is 0.339. The van der Waals surface area contributed by atoms with Crippen molar-refractivity contribution in [2.75, 3.05) is 5.32 Å². The van der Waals surface area contributed by atoms with Crippen LogP contribution in [-0.2, 0) is 16.9 Å². The summed E-state index contributed by atoms with van der Waals surface area (Å²) in [5.74, 6) is -0.546. The molecule has 3 aromatic carbocycles. The molecule has 0 aromatic heterocycles. The number of ether oxygens (including phenoxy) is 1. The van der Waals surface area contributed by atoms with Crippen LogP contribution in [0.2, 0.25) is 0 Å². The summed E-state index contributed by atoms with van der Waals surface area (Å²) in [4.78, 5) is 35.8. The first-order valence-electron chi connectivity index (χ1n) is 11.2. The predicted octanol–water partition coefficient (Wildman–Crippen LogP) is 4.50. The number of anilines is 1. The molecule has 0 radical (unpaired) electrons. The van der Waals surface area contributed by atoms with Gasteiger partial charge in [0.2, 0.25) is 0 Å². The lowest BCUT2D eigenvalue weighted by molar-refractivity contribution is -0.532. The molecule has 2 aliphatic heterocycles. The molecule has 36 heavy (non-hydrogen) atoms. The number of non-ortho nitro benzene ring substituents is 1. The summed E-state index contributed by atoms with van der Waals surface area (Å²) in [7, 11) is 0. The Morgan fingerprint density at radius 3 is 2.56 bits per heavy atom. The highest BCUT2D eigenvalue weighted by Gasteiger charge is 2.67. The largest absolute Gasteiger partial charge is 0.488 e. The van der Waals surface area contributed by atoms with E-state index in [0.29, 0.717) is 32.6 Å². The van der Waals surface area contributed by atoms with Crippen LogP contribution in [0.25, 0.3) is 0 Å². The second kappa shape index (κ2) is 8.99. The average molecular weight is 553 g/mol. The number of carbonyl (C=O) groups is 1. The number of amides is 1. The maximum absolute atomic E-state index is 13.2. The fourth-order valence-corrected chi connectivity index (χ4v) is 5.83. The zero-order valence-electron chi connectivity index (χ0n) is 19.0. The zero-order chi connectivity index (χ0) is 25.6. The summed E-state index contributed by atoms with van der Waals surface area (Å²) >= 11 is 3.49. The van der Waals surface area contributed by atoms with Gasteiger partial charge in [-0.3, -0.25) is 30.3 Å². The molecule has 1 spiro atoms. The zero-order valence-corrected chi connectivity index (χ0v) is 20.6. The van der Waals surface area contributed by atoms with E-state index in [4.69, 9.17) is 4.74 Å². The van der Waals surface area contributed by atoms with Crippen LogP contribution in [-0.4, -0.2) is 27.8 Å². The van der Waals surface area contributed by atoms with Crippen LogP contribution in [0.4, 0.5) is 11.4 Å². The van der Waals surface area contributed by atoms with Crippen molar-refractivity contribution in [2.45, 2.75) is 37.1 Å². The molecule has 1 fully saturated rings. The number of nitro groups is 2. The van der Waals surface area contributed by atoms with Gasteiger partial charge in [0.25, 0.3) is 17.6 Å². The minimum Gasteiger partial charge on any atom is -0.488 e. The number of rotatable bonds is 6. The van der Waals surface area contributed by atoms with E-state index >= 15 is 0 Å². The number of halogens is 1. The molecule has 0 aliphatic carbocycles. The molecule has 1 saturated heterocycles. The van der Waals surface area contributed by atoms with Gasteiger partial charge in [-0.1, -0.05) is 36.4 Å². The Hall–Kier alpha value is -3.83. The molecule has 5 rings (SSSR count). The number of fused-ring (bicyclic) bond motifs is 2. The topological polar surface area (TPSA) is 137 Å². The number of nitro benzene ring substituents is 1. The highest BCUT2D eigenvalue weighted by Crippen LogP contribution is 2.50. The van der Waals surface area contributed by atoms with E-state index in [1.54, 1.807) is 54.6 Å². The monoisotopic (exact) mass is 552 g/mol. The molecular formula is C25H21BrN4O6. The number of para-hydroxylation sites is 1. The Kier molecular flexibility index (Phi) is 5.97. The van der Waals surface area contributed by atoms with Gasteiger partial charge in [0, 0.05) is 34.3 Å². The number of hydrogen-bond acceptors (Lipinski definition) is 7. The number of nitrogens with one attached hydrogen (secondary N) is 2. The molecule has 184 valence electrons. The Labute approximate surface area is 214 Å². The Bertz CT molecular complexity index is 1400. The summed E-state index contributed by atoms with van der Waals surface area (Å²) in [6.07, 6.45) is 0. The predicted molar refractivity (Wildman–Crippen MR) is 134 cm³/mol. The Balaban J connectivity index is 1.44. The van der Waals surface area contributed by atoms with Crippen LogP contribution in [0, 0.1) is 20.2 Å². The molecule has 3 aromatic rings. The molecule has 0 saturated carbocycles. The highest BCUT2D eigenvalue weighted by atomic mass is 79.9. The molecule has 0 bridgehead atoms. The fraction of sp³-hybridized carbons (Fsp3) is 0.240. The van der Waals surface area contributed by atoms with Crippen LogP contribution in [0.1, 0.15) is 29.5 Å². The van der Waals surface area contributed by atoms with Crippen LogP contribution >= 0.6 is 15.9 Å². The van der Waals surface area contributed by atoms with Gasteiger partial charge in [0.05, 0.1) is 15.3 Å². The Morgan fingerprint density at radius 1 is 1.06 bits per heavy atom. The summed E-state index contributed by atoms with van der Waals surface area (Å²) in [5.41, 5.74) is 0.956. The number of nitrogens with zero attached hydrogens (tertiary/aromatic N) is 2. The van der Waals surface area contributed by atoms with Gasteiger partial charge in [0.1, 0.15) is 12.4 Å². The molecule has 10 nitrogen and oxygen atoms in total. The maximum Gasteiger partial charge on any atom is 0.269 e. The first-order chi connectivity index (χ1) is 17.2. The lowest BCUT2D eigenvalue weighted by Crippen LogP contribution is -2.54. The number of hydrogen-bond donors (Lipinski definition) is 2. The summed E-state index contributed by atoms with van der Waals surface area (Å²) < 4.78 is 6.43. The van der Waals surface area contributed by atoms with Crippen LogP contribution in [0.5, 0.6) is 5.75 Å². The fourth-order valence-electron chi connectivity index (χ4n) is 5.32. The van der Waals surface area contributed by atoms with E-state index in [1.165, 1.54) is 12.1 Å². The maximum atomic E-state index is 13.2. The standard InChI is InChI=1S/C25H21BrN4O6/c1-14-22(23(30(34)35)25(28-14)18-7-2-3-8-20(18)27-24(25)31)16-9-10-21(19(26)12-16)36-13-15-5-4-6-17(11-15)29(32)33/h2-12,14,22-23,28H,13H2,1H3,(H,27,31)/t14-,22-,23-,25-/m0/s1. The van der Waals surface area contributed by atoms with Crippen molar-refractivity contribution in [1.82, 2.24) is 5.32 Å². The SMILES string of the molecule is C[C@@H]1N[C@]2(C(=O)Nc3ccccc32)[C@@H]([N+](=O)[O-])[C@@H]1c1ccc(OCc2cccc([N+](=O)[O-])c2)c(Br)c1. The third kappa shape index (κ3) is 3.80. The van der Waals surface area contributed by atoms with E-state index in [2.05, 4.69) is 26.6 Å². The lowest BCUT2D eigenvalue weighted by atomic mass is 9.78. The van der Waals surface area contributed by atoms with Gasteiger partial charge in [-0.2, -0.15) is 0 Å². The van der Waals surface area contributed by atoms with Gasteiger partial charge in [-0.05, 0) is 52.2 Å². The van der Waals surface area contributed by atoms with Crippen LogP contribution < -0.4 is 15.4 Å². The summed E-state index contributed by atoms with van der Waals surface area (Å²) in [5, 5.41) is 29.5.